The highest BCUT2D eigenvalue weighted by Gasteiger charge is 2.48. The lowest BCUT2D eigenvalue weighted by Gasteiger charge is -2.26. The van der Waals surface area contributed by atoms with Crippen molar-refractivity contribution in [1.29, 1.82) is 0 Å². The van der Waals surface area contributed by atoms with Gasteiger partial charge in [-0.25, -0.2) is 9.59 Å². The lowest BCUT2D eigenvalue weighted by atomic mass is 9.85. The molecule has 0 saturated heterocycles. The van der Waals surface area contributed by atoms with E-state index in [0.717, 1.165) is 6.42 Å². The highest BCUT2D eigenvalue weighted by molar-refractivity contribution is 6.38. The first kappa shape index (κ1) is 12.2. The molecule has 0 amide bonds. The van der Waals surface area contributed by atoms with Gasteiger partial charge in [-0.1, -0.05) is 0 Å². The monoisotopic (exact) mass is 266 g/mol. The highest BCUT2D eigenvalue weighted by Crippen LogP contribution is 2.39. The Bertz CT molecular complexity index is 510. The van der Waals surface area contributed by atoms with Crippen LogP contribution < -0.4 is 5.43 Å². The van der Waals surface area contributed by atoms with Crippen LogP contribution in [0.1, 0.15) is 19.3 Å². The van der Waals surface area contributed by atoms with Crippen molar-refractivity contribution >= 4 is 17.7 Å². The largest absolute Gasteiger partial charge is 0.464 e. The van der Waals surface area contributed by atoms with Gasteiger partial charge in [-0.3, -0.25) is 5.43 Å². The van der Waals surface area contributed by atoms with Crippen LogP contribution in [0.2, 0.25) is 0 Å². The Morgan fingerprint density at radius 1 is 1.53 bits per heavy atom. The topological polar surface area (TPSA) is 97.2 Å². The van der Waals surface area contributed by atoms with Crippen molar-refractivity contribution < 1.29 is 24.2 Å². The number of methoxy groups -OCH3 is 1. The number of carbonyl (C=O) groups excluding carboxylic acids is 2. The molecule has 1 saturated carbocycles. The quantitative estimate of drug-likeness (QED) is 0.619. The molecule has 19 heavy (non-hydrogen) atoms. The van der Waals surface area contributed by atoms with Crippen LogP contribution in [0.5, 0.6) is 0 Å². The molecular weight excluding hydrogens is 252 g/mol. The molecule has 3 aliphatic rings. The fourth-order valence-corrected chi connectivity index (χ4v) is 2.89. The maximum absolute atomic E-state index is 11.7. The van der Waals surface area contributed by atoms with Gasteiger partial charge < -0.3 is 14.6 Å². The molecule has 2 N–H and O–H groups in total. The summed E-state index contributed by atoms with van der Waals surface area (Å²) in [7, 11) is 1.26. The minimum absolute atomic E-state index is 0.0963. The van der Waals surface area contributed by atoms with Crippen LogP contribution in [0.3, 0.4) is 0 Å². The van der Waals surface area contributed by atoms with Crippen molar-refractivity contribution in [3.05, 3.63) is 11.3 Å². The summed E-state index contributed by atoms with van der Waals surface area (Å²) in [5, 5.41) is 14.1. The molecule has 1 fully saturated rings. The van der Waals surface area contributed by atoms with Crippen molar-refractivity contribution in [1.82, 2.24) is 5.43 Å². The fourth-order valence-electron chi connectivity index (χ4n) is 2.89. The molecule has 0 aromatic heterocycles. The Morgan fingerprint density at radius 2 is 2.32 bits per heavy atom. The van der Waals surface area contributed by atoms with Gasteiger partial charge in [0.2, 0.25) is 0 Å². The Balaban J connectivity index is 2.06. The molecule has 1 aliphatic carbocycles. The standard InChI is InChI=1S/C12H14N2O5/c1-18-11(16)9-7-5(15)3-2-4-6-8(7)10(14-13-9)12(17)19-6/h5-7,14-15H,2-4H2,1H3/t5-,6?,7-/m1/s1. The molecule has 0 spiro atoms. The summed E-state index contributed by atoms with van der Waals surface area (Å²) < 4.78 is 9.93. The number of carbonyl (C=O) groups is 2. The fraction of sp³-hybridized carbons (Fsp3) is 0.583. The second-order valence-corrected chi connectivity index (χ2v) is 4.80. The number of esters is 2. The van der Waals surface area contributed by atoms with Crippen molar-refractivity contribution in [3.63, 3.8) is 0 Å². The normalized spacial score (nSPS) is 32.8. The molecular formula is C12H14N2O5. The molecule has 0 aromatic rings. The van der Waals surface area contributed by atoms with Crippen LogP contribution in [0.25, 0.3) is 0 Å². The molecule has 1 unspecified atom stereocenters. The molecule has 7 nitrogen and oxygen atoms in total. The van der Waals surface area contributed by atoms with E-state index < -0.39 is 24.0 Å². The van der Waals surface area contributed by atoms with Crippen molar-refractivity contribution in [2.24, 2.45) is 11.0 Å². The SMILES string of the molecule is COC(=O)C1=NNC2=C3C(CCC[C@@H](O)[C@@H]13)OC2=O. The number of hydrogen-bond donors (Lipinski definition) is 2. The van der Waals surface area contributed by atoms with E-state index in [1.54, 1.807) is 0 Å². The summed E-state index contributed by atoms with van der Waals surface area (Å²) in [5.41, 5.74) is 3.53. The number of nitrogens with one attached hydrogen (secondary N) is 1. The van der Waals surface area contributed by atoms with Gasteiger partial charge in [-0.2, -0.15) is 5.10 Å². The number of nitrogens with zero attached hydrogens (tertiary/aromatic N) is 1. The summed E-state index contributed by atoms with van der Waals surface area (Å²) in [5.74, 6) is -1.71. The number of aliphatic hydroxyl groups is 1. The number of ether oxygens (including phenoxy) is 2. The third-order valence-corrected chi connectivity index (χ3v) is 3.75. The summed E-state index contributed by atoms with van der Waals surface area (Å²) >= 11 is 0. The lowest BCUT2D eigenvalue weighted by Crippen LogP contribution is -2.41. The zero-order valence-electron chi connectivity index (χ0n) is 10.4. The van der Waals surface area contributed by atoms with Gasteiger partial charge in [0.25, 0.3) is 0 Å². The maximum Gasteiger partial charge on any atom is 0.357 e. The Kier molecular flexibility index (Phi) is 2.78. The predicted octanol–water partition coefficient (Wildman–Crippen LogP) is -0.541. The van der Waals surface area contributed by atoms with E-state index >= 15 is 0 Å². The second-order valence-electron chi connectivity index (χ2n) is 4.80. The number of hydrazone groups is 1. The van der Waals surface area contributed by atoms with Gasteiger partial charge in [-0.05, 0) is 19.3 Å². The van der Waals surface area contributed by atoms with Crippen LogP contribution in [-0.4, -0.2) is 42.1 Å². The van der Waals surface area contributed by atoms with Gasteiger partial charge in [0.15, 0.2) is 5.71 Å². The number of rotatable bonds is 1. The molecule has 3 atom stereocenters. The molecule has 0 bridgehead atoms. The average molecular weight is 266 g/mol. The van der Waals surface area contributed by atoms with E-state index in [1.165, 1.54) is 7.11 Å². The number of hydrogen-bond acceptors (Lipinski definition) is 7. The van der Waals surface area contributed by atoms with E-state index in [9.17, 15) is 14.7 Å². The van der Waals surface area contributed by atoms with Crippen molar-refractivity contribution in [3.8, 4) is 0 Å². The second kappa shape index (κ2) is 4.34. The molecule has 3 rings (SSSR count). The van der Waals surface area contributed by atoms with Gasteiger partial charge in [-0.15, -0.1) is 0 Å². The Hall–Kier alpha value is -1.89. The van der Waals surface area contributed by atoms with Crippen LogP contribution >= 0.6 is 0 Å². The van der Waals surface area contributed by atoms with E-state index in [1.807, 2.05) is 0 Å². The first-order valence-corrected chi connectivity index (χ1v) is 6.18. The lowest BCUT2D eigenvalue weighted by molar-refractivity contribution is -0.140. The average Bonchev–Trinajstić information content (AvgIpc) is 2.64. The third-order valence-electron chi connectivity index (χ3n) is 3.75. The van der Waals surface area contributed by atoms with E-state index in [2.05, 4.69) is 15.3 Å². The maximum atomic E-state index is 11.7. The molecule has 0 radical (unpaired) electrons. The van der Waals surface area contributed by atoms with Crippen LogP contribution in [-0.2, 0) is 19.1 Å². The Morgan fingerprint density at radius 3 is 3.05 bits per heavy atom. The van der Waals surface area contributed by atoms with Gasteiger partial charge in [0.05, 0.1) is 19.1 Å². The van der Waals surface area contributed by atoms with Gasteiger partial charge in [0.1, 0.15) is 11.8 Å². The third kappa shape index (κ3) is 1.73. The molecule has 2 heterocycles. The van der Waals surface area contributed by atoms with Crippen molar-refractivity contribution in [2.75, 3.05) is 7.11 Å². The summed E-state index contributed by atoms with van der Waals surface area (Å²) in [6, 6.07) is 0. The van der Waals surface area contributed by atoms with Crippen molar-refractivity contribution in [2.45, 2.75) is 31.5 Å². The molecule has 102 valence electrons. The van der Waals surface area contributed by atoms with E-state index in [0.29, 0.717) is 18.4 Å². The minimum Gasteiger partial charge on any atom is -0.464 e. The van der Waals surface area contributed by atoms with Crippen LogP contribution in [0, 0.1) is 5.92 Å². The smallest absolute Gasteiger partial charge is 0.357 e. The predicted molar refractivity (Wildman–Crippen MR) is 62.8 cm³/mol. The molecule has 7 heteroatoms. The molecule has 0 aromatic carbocycles. The zero-order chi connectivity index (χ0) is 13.6. The van der Waals surface area contributed by atoms with Crippen LogP contribution in [0.4, 0.5) is 0 Å². The summed E-state index contributed by atoms with van der Waals surface area (Å²) in [4.78, 5) is 23.4. The summed E-state index contributed by atoms with van der Waals surface area (Å²) in [6.45, 7) is 0. The van der Waals surface area contributed by atoms with E-state index in [4.69, 9.17) is 4.74 Å². The van der Waals surface area contributed by atoms with Gasteiger partial charge in [0, 0.05) is 5.57 Å². The van der Waals surface area contributed by atoms with E-state index in [-0.39, 0.29) is 17.5 Å². The highest BCUT2D eigenvalue weighted by atomic mass is 16.6. The van der Waals surface area contributed by atoms with Crippen LogP contribution in [0.15, 0.2) is 16.4 Å². The first-order valence-electron chi connectivity index (χ1n) is 6.18. The minimum atomic E-state index is -0.760. The zero-order valence-corrected chi connectivity index (χ0v) is 10.4. The summed E-state index contributed by atoms with van der Waals surface area (Å²) in [6.07, 6.45) is 0.762. The number of aliphatic hydroxyl groups excluding tert-OH is 1. The molecule has 2 aliphatic heterocycles. The Labute approximate surface area is 109 Å². The first-order chi connectivity index (χ1) is 9.13. The van der Waals surface area contributed by atoms with Gasteiger partial charge >= 0.3 is 11.9 Å².